The van der Waals surface area contributed by atoms with Gasteiger partial charge in [-0.15, -0.1) is 0 Å². The molecule has 6 rings (SSSR count). The molecule has 0 aliphatic carbocycles. The van der Waals surface area contributed by atoms with Gasteiger partial charge < -0.3 is 15.4 Å². The Morgan fingerprint density at radius 3 is 2.63 bits per heavy atom. The van der Waals surface area contributed by atoms with Crippen molar-refractivity contribution in [2.24, 2.45) is 0 Å². The number of phenols is 1. The van der Waals surface area contributed by atoms with Crippen molar-refractivity contribution in [2.45, 2.75) is 18.6 Å². The molecule has 1 spiro atoms. The largest absolute Gasteiger partial charge is 0.508 e. The van der Waals surface area contributed by atoms with E-state index in [1.54, 1.807) is 12.1 Å². The number of H-pyrrole nitrogens is 1. The molecule has 148 valence electrons. The number of phenolic OH excluding ortho intramolecular Hbond substituents is 1. The van der Waals surface area contributed by atoms with Crippen LogP contribution in [0.3, 0.4) is 0 Å². The van der Waals surface area contributed by atoms with Gasteiger partial charge in [-0.25, -0.2) is 0 Å². The van der Waals surface area contributed by atoms with Crippen molar-refractivity contribution in [2.75, 3.05) is 11.9 Å². The summed E-state index contributed by atoms with van der Waals surface area (Å²) in [6, 6.07) is 23.3. The number of aromatic nitrogens is 1. The number of para-hydroxylation sites is 1. The van der Waals surface area contributed by atoms with Crippen molar-refractivity contribution in [3.05, 3.63) is 95.2 Å². The number of anilines is 1. The fourth-order valence-corrected chi connectivity index (χ4v) is 5.01. The van der Waals surface area contributed by atoms with Gasteiger partial charge in [-0.3, -0.25) is 9.69 Å². The molecule has 30 heavy (non-hydrogen) atoms. The molecule has 3 heterocycles. The maximum absolute atomic E-state index is 13.9. The lowest BCUT2D eigenvalue weighted by molar-refractivity contribution is 0.0564. The third kappa shape index (κ3) is 2.30. The van der Waals surface area contributed by atoms with Gasteiger partial charge in [0.25, 0.3) is 0 Å². The second kappa shape index (κ2) is 6.21. The number of benzene rings is 3. The van der Waals surface area contributed by atoms with Gasteiger partial charge in [0, 0.05) is 35.2 Å². The molecule has 1 aromatic heterocycles. The first-order valence-corrected chi connectivity index (χ1v) is 10.2. The number of carbonyl (C=O) groups excluding carboxylic acids is 1. The fourth-order valence-electron chi connectivity index (χ4n) is 5.01. The minimum Gasteiger partial charge on any atom is -0.508 e. The molecule has 5 heteroatoms. The van der Waals surface area contributed by atoms with Crippen LogP contribution in [0.25, 0.3) is 10.9 Å². The zero-order valence-corrected chi connectivity index (χ0v) is 16.4. The topological polar surface area (TPSA) is 68.4 Å². The van der Waals surface area contributed by atoms with Crippen LogP contribution in [0.2, 0.25) is 0 Å². The van der Waals surface area contributed by atoms with Gasteiger partial charge in [0.2, 0.25) is 5.78 Å². The van der Waals surface area contributed by atoms with E-state index in [1.165, 1.54) is 5.56 Å². The SMILES string of the molecule is O=C1c2ccccc2NC12c1[nH]c3ccc(O)cc3c1CCN2Cc1ccccc1. The molecule has 1 unspecified atom stereocenters. The molecule has 4 aromatic rings. The highest BCUT2D eigenvalue weighted by Gasteiger charge is 2.55. The monoisotopic (exact) mass is 395 g/mol. The quantitative estimate of drug-likeness (QED) is 0.471. The zero-order valence-electron chi connectivity index (χ0n) is 16.4. The summed E-state index contributed by atoms with van der Waals surface area (Å²) < 4.78 is 0. The number of ketones is 1. The molecular formula is C25H21N3O2. The molecule has 0 radical (unpaired) electrons. The number of aromatic hydroxyl groups is 1. The van der Waals surface area contributed by atoms with Crippen molar-refractivity contribution in [1.29, 1.82) is 0 Å². The lowest BCUT2D eigenvalue weighted by Crippen LogP contribution is -2.57. The molecule has 0 amide bonds. The van der Waals surface area contributed by atoms with E-state index in [-0.39, 0.29) is 11.5 Å². The highest BCUT2D eigenvalue weighted by atomic mass is 16.3. The second-order valence-electron chi connectivity index (χ2n) is 8.08. The summed E-state index contributed by atoms with van der Waals surface area (Å²) in [6.45, 7) is 1.39. The average Bonchev–Trinajstić information content (AvgIpc) is 3.28. The second-order valence-corrected chi connectivity index (χ2v) is 8.08. The number of hydrogen-bond donors (Lipinski definition) is 3. The first-order chi connectivity index (χ1) is 14.7. The van der Waals surface area contributed by atoms with Crippen LogP contribution < -0.4 is 5.32 Å². The van der Waals surface area contributed by atoms with Crippen LogP contribution in [0.1, 0.15) is 27.2 Å². The normalized spacial score (nSPS) is 20.3. The van der Waals surface area contributed by atoms with E-state index in [0.29, 0.717) is 12.1 Å². The summed E-state index contributed by atoms with van der Waals surface area (Å²) in [5.41, 5.74) is 4.66. The molecular weight excluding hydrogens is 374 g/mol. The highest BCUT2D eigenvalue weighted by Crippen LogP contribution is 2.47. The maximum atomic E-state index is 13.9. The summed E-state index contributed by atoms with van der Waals surface area (Å²) in [4.78, 5) is 19.7. The molecule has 0 saturated heterocycles. The van der Waals surface area contributed by atoms with Crippen molar-refractivity contribution in [3.8, 4) is 5.75 Å². The molecule has 2 aliphatic heterocycles. The summed E-state index contributed by atoms with van der Waals surface area (Å²) in [7, 11) is 0. The molecule has 2 aliphatic rings. The third-order valence-electron chi connectivity index (χ3n) is 6.39. The molecule has 0 bridgehead atoms. The van der Waals surface area contributed by atoms with Crippen LogP contribution in [-0.4, -0.2) is 27.3 Å². The molecule has 1 atom stereocenters. The first kappa shape index (κ1) is 17.3. The minimum atomic E-state index is -0.984. The van der Waals surface area contributed by atoms with Gasteiger partial charge >= 0.3 is 0 Å². The standard InChI is InChI=1S/C25H21N3O2/c29-17-10-11-21-20(14-17)18-12-13-28(15-16-6-2-1-3-7-16)25(23(18)26-21)24(30)19-8-4-5-9-22(19)27-25/h1-11,14,26-27,29H,12-13,15H2. The van der Waals surface area contributed by atoms with Crippen molar-refractivity contribution >= 4 is 22.4 Å². The smallest absolute Gasteiger partial charge is 0.211 e. The van der Waals surface area contributed by atoms with E-state index >= 15 is 0 Å². The van der Waals surface area contributed by atoms with E-state index in [2.05, 4.69) is 27.3 Å². The Morgan fingerprint density at radius 1 is 1.00 bits per heavy atom. The van der Waals surface area contributed by atoms with E-state index in [1.807, 2.05) is 48.5 Å². The highest BCUT2D eigenvalue weighted by molar-refractivity contribution is 6.14. The Balaban J connectivity index is 1.57. The van der Waals surface area contributed by atoms with Crippen molar-refractivity contribution in [1.82, 2.24) is 9.88 Å². The number of rotatable bonds is 2. The summed E-state index contributed by atoms with van der Waals surface area (Å²) in [6.07, 6.45) is 0.804. The van der Waals surface area contributed by atoms with Gasteiger partial charge in [-0.1, -0.05) is 42.5 Å². The predicted molar refractivity (Wildman–Crippen MR) is 117 cm³/mol. The third-order valence-corrected chi connectivity index (χ3v) is 6.39. The molecule has 3 aromatic carbocycles. The van der Waals surface area contributed by atoms with Crippen molar-refractivity contribution < 1.29 is 9.90 Å². The number of nitrogens with one attached hydrogen (secondary N) is 2. The Bertz CT molecular complexity index is 1290. The maximum Gasteiger partial charge on any atom is 0.211 e. The lowest BCUT2D eigenvalue weighted by Gasteiger charge is -2.43. The van der Waals surface area contributed by atoms with Gasteiger partial charge in [-0.2, -0.15) is 0 Å². The number of carbonyl (C=O) groups is 1. The van der Waals surface area contributed by atoms with Crippen LogP contribution in [0.5, 0.6) is 5.75 Å². The van der Waals surface area contributed by atoms with Gasteiger partial charge in [0.05, 0.1) is 5.69 Å². The first-order valence-electron chi connectivity index (χ1n) is 10.2. The summed E-state index contributed by atoms with van der Waals surface area (Å²) in [5, 5.41) is 14.6. The average molecular weight is 395 g/mol. The van der Waals surface area contributed by atoms with Crippen molar-refractivity contribution in [3.63, 3.8) is 0 Å². The molecule has 5 nitrogen and oxygen atoms in total. The number of fused-ring (bicyclic) bond motifs is 5. The van der Waals surface area contributed by atoms with E-state index in [4.69, 9.17) is 0 Å². The lowest BCUT2D eigenvalue weighted by atomic mass is 9.88. The Morgan fingerprint density at radius 2 is 1.80 bits per heavy atom. The predicted octanol–water partition coefficient (Wildman–Crippen LogP) is 4.39. The van der Waals surface area contributed by atoms with E-state index in [9.17, 15) is 9.90 Å². The molecule has 0 saturated carbocycles. The Hall–Kier alpha value is -3.57. The number of nitrogens with zero attached hydrogens (tertiary/aromatic N) is 1. The molecule has 0 fully saturated rings. The van der Waals surface area contributed by atoms with Gasteiger partial charge in [0.1, 0.15) is 5.75 Å². The number of hydrogen-bond acceptors (Lipinski definition) is 4. The zero-order chi connectivity index (χ0) is 20.3. The van der Waals surface area contributed by atoms with E-state index in [0.717, 1.165) is 40.8 Å². The number of aromatic amines is 1. The Kier molecular flexibility index (Phi) is 3.58. The van der Waals surface area contributed by atoms with Crippen LogP contribution in [0.4, 0.5) is 5.69 Å². The van der Waals surface area contributed by atoms with Gasteiger partial charge in [-0.05, 0) is 47.9 Å². The van der Waals surface area contributed by atoms with E-state index < -0.39 is 5.66 Å². The summed E-state index contributed by atoms with van der Waals surface area (Å²) >= 11 is 0. The van der Waals surface area contributed by atoms with Crippen LogP contribution >= 0.6 is 0 Å². The molecule has 3 N–H and O–H groups in total. The summed E-state index contributed by atoms with van der Waals surface area (Å²) in [5.74, 6) is 0.296. The van der Waals surface area contributed by atoms with Crippen LogP contribution in [-0.2, 0) is 18.6 Å². The van der Waals surface area contributed by atoms with Crippen LogP contribution in [0.15, 0.2) is 72.8 Å². The minimum absolute atomic E-state index is 0.0609. The fraction of sp³-hybridized carbons (Fsp3) is 0.160. The van der Waals surface area contributed by atoms with Crippen LogP contribution in [0, 0.1) is 0 Å². The van der Waals surface area contributed by atoms with Gasteiger partial charge in [0.15, 0.2) is 5.66 Å². The Labute approximate surface area is 174 Å². The number of Topliss-reactive ketones (excluding diaryl/α,β-unsaturated/α-hetero) is 1.